The van der Waals surface area contributed by atoms with Gasteiger partial charge < -0.3 is 10.3 Å². The number of benzene rings is 1. The van der Waals surface area contributed by atoms with Crippen LogP contribution in [0.4, 0.5) is 10.1 Å². The average molecular weight is 507 g/mol. The van der Waals surface area contributed by atoms with Crippen molar-refractivity contribution in [1.29, 1.82) is 0 Å². The second kappa shape index (κ2) is 8.84. The lowest BCUT2D eigenvalue weighted by Gasteiger charge is -2.17. The molecular formula is C28H23FN8O. The Balaban J connectivity index is 1.43. The van der Waals surface area contributed by atoms with E-state index in [1.807, 2.05) is 51.1 Å². The van der Waals surface area contributed by atoms with Crippen LogP contribution in [0.15, 0.2) is 67.3 Å². The molecule has 5 aromatic heterocycles. The van der Waals surface area contributed by atoms with Gasteiger partial charge in [0.05, 0.1) is 23.1 Å². The predicted molar refractivity (Wildman–Crippen MR) is 143 cm³/mol. The van der Waals surface area contributed by atoms with E-state index in [2.05, 4.69) is 40.4 Å². The molecule has 6 aromatic rings. The van der Waals surface area contributed by atoms with E-state index in [1.54, 1.807) is 30.9 Å². The van der Waals surface area contributed by atoms with E-state index >= 15 is 4.39 Å². The number of hydrogen-bond acceptors (Lipinski definition) is 6. The number of hydrogen-bond donors (Lipinski definition) is 3. The number of halogens is 1. The van der Waals surface area contributed by atoms with Crippen LogP contribution in [-0.2, 0) is 4.79 Å². The fraction of sp³-hybridized carbons (Fsp3) is 0.143. The van der Waals surface area contributed by atoms with Crippen LogP contribution in [0.25, 0.3) is 56.0 Å². The Morgan fingerprint density at radius 2 is 1.87 bits per heavy atom. The first-order chi connectivity index (χ1) is 18.3. The number of aromatic nitrogens is 7. The first kappa shape index (κ1) is 23.4. The van der Waals surface area contributed by atoms with Gasteiger partial charge in [-0.05, 0) is 42.0 Å². The van der Waals surface area contributed by atoms with Crippen molar-refractivity contribution in [1.82, 2.24) is 35.1 Å². The first-order valence-electron chi connectivity index (χ1n) is 12.0. The number of carbonyl (C=O) groups excluding carboxylic acids is 1. The monoisotopic (exact) mass is 506 g/mol. The minimum absolute atomic E-state index is 0.140. The lowest BCUT2D eigenvalue weighted by molar-refractivity contribution is -0.123. The third-order valence-electron chi connectivity index (χ3n) is 6.19. The van der Waals surface area contributed by atoms with E-state index in [9.17, 15) is 4.79 Å². The summed E-state index contributed by atoms with van der Waals surface area (Å²) in [5.41, 5.74) is 4.76. The molecule has 0 spiro atoms. The summed E-state index contributed by atoms with van der Waals surface area (Å²) in [5, 5.41) is 10.5. The Labute approximate surface area is 216 Å². The maximum Gasteiger partial charge on any atom is 0.229 e. The number of rotatable bonds is 4. The largest absolute Gasteiger partial charge is 0.335 e. The van der Waals surface area contributed by atoms with E-state index in [1.165, 1.54) is 6.07 Å². The Hall–Kier alpha value is -4.99. The van der Waals surface area contributed by atoms with Crippen LogP contribution in [-0.4, -0.2) is 41.0 Å². The number of aromatic amines is 2. The zero-order valence-corrected chi connectivity index (χ0v) is 20.9. The van der Waals surface area contributed by atoms with Crippen molar-refractivity contribution in [2.24, 2.45) is 5.41 Å². The molecule has 0 radical (unpaired) electrons. The second-order valence-corrected chi connectivity index (χ2v) is 9.98. The van der Waals surface area contributed by atoms with Crippen LogP contribution in [0.5, 0.6) is 0 Å². The van der Waals surface area contributed by atoms with Gasteiger partial charge in [-0.1, -0.05) is 26.8 Å². The van der Waals surface area contributed by atoms with E-state index in [0.717, 1.165) is 11.3 Å². The van der Waals surface area contributed by atoms with E-state index in [-0.39, 0.29) is 11.4 Å². The smallest absolute Gasteiger partial charge is 0.229 e. The first-order valence-corrected chi connectivity index (χ1v) is 12.0. The number of nitrogens with one attached hydrogen (secondary N) is 3. The Kier molecular flexibility index (Phi) is 5.45. The molecule has 0 saturated heterocycles. The van der Waals surface area contributed by atoms with Crippen LogP contribution in [0.2, 0.25) is 0 Å². The highest BCUT2D eigenvalue weighted by molar-refractivity contribution is 5.98. The normalized spacial score (nSPS) is 11.8. The second-order valence-electron chi connectivity index (χ2n) is 9.98. The lowest BCUT2D eigenvalue weighted by Crippen LogP contribution is -2.27. The molecule has 3 N–H and O–H groups in total. The zero-order chi connectivity index (χ0) is 26.4. The van der Waals surface area contributed by atoms with Crippen LogP contribution in [0.1, 0.15) is 20.8 Å². The van der Waals surface area contributed by atoms with Crippen molar-refractivity contribution in [3.63, 3.8) is 0 Å². The summed E-state index contributed by atoms with van der Waals surface area (Å²) in [4.78, 5) is 33.5. The summed E-state index contributed by atoms with van der Waals surface area (Å²) in [6.45, 7) is 5.49. The van der Waals surface area contributed by atoms with Gasteiger partial charge in [-0.25, -0.2) is 14.4 Å². The molecule has 6 rings (SSSR count). The number of pyridine rings is 3. The van der Waals surface area contributed by atoms with Crippen LogP contribution < -0.4 is 5.32 Å². The van der Waals surface area contributed by atoms with Gasteiger partial charge in [0.15, 0.2) is 17.3 Å². The molecule has 0 atom stereocenters. The maximum absolute atomic E-state index is 15.2. The molecule has 0 aliphatic heterocycles. The molecule has 38 heavy (non-hydrogen) atoms. The quantitative estimate of drug-likeness (QED) is 0.280. The molecule has 0 bridgehead atoms. The molecule has 0 unspecified atom stereocenters. The third-order valence-corrected chi connectivity index (χ3v) is 6.19. The van der Waals surface area contributed by atoms with Gasteiger partial charge >= 0.3 is 0 Å². The van der Waals surface area contributed by atoms with Crippen LogP contribution >= 0.6 is 0 Å². The fourth-order valence-electron chi connectivity index (χ4n) is 4.17. The SMILES string of the molecule is CC(C)(C)C(=O)Nc1cncc(-c2cc(F)c3n[nH]c(-c4nc5nccc(-c6ccccn6)c5[nH]4)c3c2)c1. The summed E-state index contributed by atoms with van der Waals surface area (Å²) < 4.78 is 15.2. The maximum atomic E-state index is 15.2. The molecule has 0 fully saturated rings. The molecule has 10 heteroatoms. The van der Waals surface area contributed by atoms with Gasteiger partial charge in [0.1, 0.15) is 11.2 Å². The minimum atomic E-state index is -0.565. The van der Waals surface area contributed by atoms with Crippen LogP contribution in [0.3, 0.4) is 0 Å². The van der Waals surface area contributed by atoms with Crippen molar-refractivity contribution in [3.8, 4) is 33.9 Å². The Morgan fingerprint density at radius 1 is 1.00 bits per heavy atom. The number of H-pyrrole nitrogens is 2. The van der Waals surface area contributed by atoms with Crippen molar-refractivity contribution in [2.45, 2.75) is 20.8 Å². The van der Waals surface area contributed by atoms with Crippen LogP contribution in [0, 0.1) is 11.2 Å². The van der Waals surface area contributed by atoms with Crippen molar-refractivity contribution < 1.29 is 9.18 Å². The summed E-state index contributed by atoms with van der Waals surface area (Å²) in [6.07, 6.45) is 6.59. The molecule has 1 aromatic carbocycles. The molecule has 188 valence electrons. The molecule has 9 nitrogen and oxygen atoms in total. The van der Waals surface area contributed by atoms with Gasteiger partial charge in [-0.2, -0.15) is 5.10 Å². The van der Waals surface area contributed by atoms with Gasteiger partial charge in [0.25, 0.3) is 0 Å². The van der Waals surface area contributed by atoms with Gasteiger partial charge in [-0.15, -0.1) is 0 Å². The number of nitrogens with zero attached hydrogens (tertiary/aromatic N) is 5. The zero-order valence-electron chi connectivity index (χ0n) is 20.9. The highest BCUT2D eigenvalue weighted by atomic mass is 19.1. The van der Waals surface area contributed by atoms with E-state index in [0.29, 0.717) is 44.9 Å². The van der Waals surface area contributed by atoms with Gasteiger partial charge in [-0.3, -0.25) is 19.9 Å². The molecular weight excluding hydrogens is 483 g/mol. The molecule has 1 amide bonds. The molecule has 5 heterocycles. The average Bonchev–Trinajstić information content (AvgIpc) is 3.53. The lowest BCUT2D eigenvalue weighted by atomic mass is 9.95. The summed E-state index contributed by atoms with van der Waals surface area (Å²) >= 11 is 0. The number of amides is 1. The van der Waals surface area contributed by atoms with Gasteiger partial charge in [0, 0.05) is 40.5 Å². The van der Waals surface area contributed by atoms with Crippen molar-refractivity contribution in [2.75, 3.05) is 5.32 Å². The molecule has 0 aliphatic rings. The summed E-state index contributed by atoms with van der Waals surface area (Å²) in [5.74, 6) is -0.162. The Bertz CT molecular complexity index is 1820. The topological polar surface area (TPSA) is 125 Å². The van der Waals surface area contributed by atoms with E-state index in [4.69, 9.17) is 0 Å². The number of anilines is 1. The van der Waals surface area contributed by atoms with E-state index < -0.39 is 11.2 Å². The number of imidazole rings is 1. The standard InChI is InChI=1S/C28H23FN8O/c1-28(2,3)27(38)33-17-10-16(13-30-14-17)15-11-19-22(20(29)12-15)36-37-24(19)26-34-23-18(7-9-32-25(23)35-26)21-6-4-5-8-31-21/h4-14H,1-3H3,(H,33,38)(H,36,37)(H,32,34,35). The number of fused-ring (bicyclic) bond motifs is 2. The summed E-state index contributed by atoms with van der Waals surface area (Å²) in [7, 11) is 0. The van der Waals surface area contributed by atoms with Crippen molar-refractivity contribution >= 4 is 33.7 Å². The molecule has 0 saturated carbocycles. The summed E-state index contributed by atoms with van der Waals surface area (Å²) in [6, 6.07) is 12.5. The fourth-order valence-corrected chi connectivity index (χ4v) is 4.17. The minimum Gasteiger partial charge on any atom is -0.335 e. The molecule has 0 aliphatic carbocycles. The number of carbonyl (C=O) groups is 1. The predicted octanol–water partition coefficient (Wildman–Crippen LogP) is 5.75. The Morgan fingerprint density at radius 3 is 2.66 bits per heavy atom. The van der Waals surface area contributed by atoms with Crippen molar-refractivity contribution in [3.05, 3.63) is 73.1 Å². The van der Waals surface area contributed by atoms with Gasteiger partial charge in [0.2, 0.25) is 5.91 Å². The highest BCUT2D eigenvalue weighted by Crippen LogP contribution is 2.34. The highest BCUT2D eigenvalue weighted by Gasteiger charge is 2.22. The third kappa shape index (κ3) is 4.15.